The van der Waals surface area contributed by atoms with Crippen LogP contribution in [0.4, 0.5) is 0 Å². The molecule has 7 nitrogen and oxygen atoms in total. The van der Waals surface area contributed by atoms with E-state index in [1.54, 1.807) is 20.3 Å². The van der Waals surface area contributed by atoms with Gasteiger partial charge in [-0.2, -0.15) is 0 Å². The first-order valence-corrected chi connectivity index (χ1v) is 11.3. The van der Waals surface area contributed by atoms with Crippen molar-refractivity contribution in [2.24, 2.45) is 0 Å². The number of Topliss-reactive ketones (excluding diaryl/α,β-unsaturated/α-hetero) is 1. The van der Waals surface area contributed by atoms with E-state index in [0.717, 1.165) is 29.9 Å². The van der Waals surface area contributed by atoms with E-state index in [2.05, 4.69) is 5.32 Å². The van der Waals surface area contributed by atoms with Crippen LogP contribution in [0.2, 0.25) is 0 Å². The third-order valence-corrected chi connectivity index (χ3v) is 6.32. The predicted molar refractivity (Wildman–Crippen MR) is 119 cm³/mol. The topological polar surface area (TPSA) is 84.9 Å². The van der Waals surface area contributed by atoms with Gasteiger partial charge in [0.1, 0.15) is 11.5 Å². The maximum Gasteiger partial charge on any atom is 0.224 e. The second-order valence-corrected chi connectivity index (χ2v) is 8.30. The van der Waals surface area contributed by atoms with E-state index >= 15 is 0 Å². The molecule has 1 aliphatic heterocycles. The van der Waals surface area contributed by atoms with E-state index in [9.17, 15) is 14.4 Å². The van der Waals surface area contributed by atoms with E-state index in [1.807, 2.05) is 34.5 Å². The minimum atomic E-state index is -0.217. The van der Waals surface area contributed by atoms with E-state index in [1.165, 1.54) is 11.3 Å². The Bertz CT molecular complexity index is 913. The number of carbonyl (C=O) groups excluding carboxylic acids is 3. The average Bonchev–Trinajstić information content (AvgIpc) is 3.49. The molecular weight excluding hydrogens is 416 g/mol. The molecule has 2 amide bonds. The summed E-state index contributed by atoms with van der Waals surface area (Å²) in [7, 11) is 3.23. The van der Waals surface area contributed by atoms with Gasteiger partial charge in [-0.3, -0.25) is 14.4 Å². The molecule has 0 saturated carbocycles. The molecular formula is C23H28N2O5S. The van der Waals surface area contributed by atoms with Gasteiger partial charge in [0.25, 0.3) is 0 Å². The maximum absolute atomic E-state index is 12.8. The number of ether oxygens (including phenoxy) is 2. The molecule has 1 aromatic heterocycles. The van der Waals surface area contributed by atoms with Crippen molar-refractivity contribution < 1.29 is 23.9 Å². The van der Waals surface area contributed by atoms with Crippen LogP contribution in [0, 0.1) is 0 Å². The van der Waals surface area contributed by atoms with Gasteiger partial charge in [-0.25, -0.2) is 0 Å². The molecule has 8 heteroatoms. The molecule has 0 bridgehead atoms. The molecule has 1 fully saturated rings. The van der Waals surface area contributed by atoms with Gasteiger partial charge in [0.15, 0.2) is 5.78 Å². The van der Waals surface area contributed by atoms with Crippen molar-refractivity contribution in [2.75, 3.05) is 27.3 Å². The summed E-state index contributed by atoms with van der Waals surface area (Å²) in [6.45, 7) is 0.927. The van der Waals surface area contributed by atoms with Gasteiger partial charge in [0.05, 0.1) is 25.1 Å². The molecule has 0 spiro atoms. The summed E-state index contributed by atoms with van der Waals surface area (Å²) < 4.78 is 10.8. The maximum atomic E-state index is 12.8. The summed E-state index contributed by atoms with van der Waals surface area (Å²) in [6.07, 6.45) is 2.27. The minimum absolute atomic E-state index is 0.0117. The SMILES string of the molecule is COc1ccc(OC)c(C2CCCN2C(=O)CCNC(=O)CCC(=O)c2cccs2)c1. The number of amides is 2. The number of nitrogens with one attached hydrogen (secondary N) is 1. The number of rotatable bonds is 10. The molecule has 1 saturated heterocycles. The standard InChI is InChI=1S/C23H28N2O5S/c1-29-16-7-9-20(30-2)17(15-16)18-5-3-13-25(18)23(28)11-12-24-22(27)10-8-19(26)21-6-4-14-31-21/h4,6-7,9,14-15,18H,3,5,8,10-13H2,1-2H3,(H,24,27). The van der Waals surface area contributed by atoms with Crippen LogP contribution in [0.3, 0.4) is 0 Å². The molecule has 0 radical (unpaired) electrons. The Morgan fingerprint density at radius 3 is 2.68 bits per heavy atom. The van der Waals surface area contributed by atoms with Gasteiger partial charge in [0, 0.05) is 37.9 Å². The number of ketones is 1. The zero-order valence-electron chi connectivity index (χ0n) is 17.9. The average molecular weight is 445 g/mol. The molecule has 1 N–H and O–H groups in total. The molecule has 31 heavy (non-hydrogen) atoms. The van der Waals surface area contributed by atoms with Crippen molar-refractivity contribution in [1.82, 2.24) is 10.2 Å². The van der Waals surface area contributed by atoms with E-state index < -0.39 is 0 Å². The summed E-state index contributed by atoms with van der Waals surface area (Å²) in [5, 5.41) is 4.59. The minimum Gasteiger partial charge on any atom is -0.497 e. The largest absolute Gasteiger partial charge is 0.497 e. The summed E-state index contributed by atoms with van der Waals surface area (Å²) >= 11 is 1.37. The fraction of sp³-hybridized carbons (Fsp3) is 0.435. The fourth-order valence-corrected chi connectivity index (χ4v) is 4.51. The van der Waals surface area contributed by atoms with Gasteiger partial charge in [-0.05, 0) is 42.5 Å². The fourth-order valence-electron chi connectivity index (χ4n) is 3.82. The molecule has 3 rings (SSSR count). The lowest BCUT2D eigenvalue weighted by molar-refractivity contribution is -0.132. The van der Waals surface area contributed by atoms with Crippen LogP contribution in [0.25, 0.3) is 0 Å². The first kappa shape index (κ1) is 22.8. The number of carbonyl (C=O) groups is 3. The Labute approximate surface area is 186 Å². The number of likely N-dealkylation sites (tertiary alicyclic amines) is 1. The monoisotopic (exact) mass is 444 g/mol. The third kappa shape index (κ3) is 5.85. The van der Waals surface area contributed by atoms with Gasteiger partial charge in [0.2, 0.25) is 11.8 Å². The second-order valence-electron chi connectivity index (χ2n) is 7.35. The Kier molecular flexibility index (Phi) is 8.06. The van der Waals surface area contributed by atoms with Gasteiger partial charge in [-0.1, -0.05) is 6.07 Å². The van der Waals surface area contributed by atoms with Crippen molar-refractivity contribution in [3.8, 4) is 11.5 Å². The molecule has 1 aliphatic rings. The number of nitrogens with zero attached hydrogens (tertiary/aromatic N) is 1. The smallest absolute Gasteiger partial charge is 0.224 e. The molecule has 166 valence electrons. The molecule has 0 aliphatic carbocycles. The molecule has 2 heterocycles. The van der Waals surface area contributed by atoms with Crippen LogP contribution in [0.15, 0.2) is 35.7 Å². The highest BCUT2D eigenvalue weighted by Crippen LogP contribution is 2.39. The zero-order valence-corrected chi connectivity index (χ0v) is 18.7. The van der Waals surface area contributed by atoms with Gasteiger partial charge < -0.3 is 19.7 Å². The molecule has 2 aromatic rings. The first-order chi connectivity index (χ1) is 15.0. The highest BCUT2D eigenvalue weighted by Gasteiger charge is 2.31. The number of methoxy groups -OCH3 is 2. The van der Waals surface area contributed by atoms with Gasteiger partial charge >= 0.3 is 0 Å². The Morgan fingerprint density at radius 1 is 1.13 bits per heavy atom. The predicted octanol–water partition coefficient (Wildman–Crippen LogP) is 3.60. The molecule has 1 aromatic carbocycles. The number of thiophene rings is 1. The lowest BCUT2D eigenvalue weighted by Crippen LogP contribution is -2.34. The van der Waals surface area contributed by atoms with Crippen LogP contribution >= 0.6 is 11.3 Å². The van der Waals surface area contributed by atoms with E-state index in [4.69, 9.17) is 9.47 Å². The lowest BCUT2D eigenvalue weighted by atomic mass is 10.0. The normalized spacial score (nSPS) is 15.5. The third-order valence-electron chi connectivity index (χ3n) is 5.41. The van der Waals surface area contributed by atoms with Crippen LogP contribution in [-0.2, 0) is 9.59 Å². The highest BCUT2D eigenvalue weighted by molar-refractivity contribution is 7.12. The zero-order chi connectivity index (χ0) is 22.2. The van der Waals surface area contributed by atoms with Gasteiger partial charge in [-0.15, -0.1) is 11.3 Å². The summed E-state index contributed by atoms with van der Waals surface area (Å²) in [5.41, 5.74) is 0.934. The van der Waals surface area contributed by atoms with Crippen LogP contribution in [0.1, 0.15) is 53.4 Å². The Hall–Kier alpha value is -2.87. The molecule has 1 atom stereocenters. The van der Waals surface area contributed by atoms with Crippen molar-refractivity contribution in [3.63, 3.8) is 0 Å². The van der Waals surface area contributed by atoms with Crippen LogP contribution in [-0.4, -0.2) is 49.8 Å². The Morgan fingerprint density at radius 2 is 1.97 bits per heavy atom. The summed E-state index contributed by atoms with van der Waals surface area (Å²) in [5.74, 6) is 1.19. The van der Waals surface area contributed by atoms with E-state index in [-0.39, 0.29) is 49.4 Å². The second kappa shape index (κ2) is 10.9. The van der Waals surface area contributed by atoms with Crippen LogP contribution in [0.5, 0.6) is 11.5 Å². The quantitative estimate of drug-likeness (QED) is 0.566. The van der Waals surface area contributed by atoms with E-state index in [0.29, 0.717) is 11.4 Å². The van der Waals surface area contributed by atoms with Crippen molar-refractivity contribution in [2.45, 2.75) is 38.1 Å². The Balaban J connectivity index is 1.50. The first-order valence-electron chi connectivity index (χ1n) is 10.4. The number of benzene rings is 1. The molecule has 1 unspecified atom stereocenters. The van der Waals surface area contributed by atoms with Crippen molar-refractivity contribution in [3.05, 3.63) is 46.2 Å². The van der Waals surface area contributed by atoms with Crippen LogP contribution < -0.4 is 14.8 Å². The lowest BCUT2D eigenvalue weighted by Gasteiger charge is -2.27. The summed E-state index contributed by atoms with van der Waals surface area (Å²) in [6, 6.07) is 9.11. The number of hydrogen-bond acceptors (Lipinski definition) is 6. The summed E-state index contributed by atoms with van der Waals surface area (Å²) in [4.78, 5) is 39.4. The number of hydrogen-bond donors (Lipinski definition) is 1. The van der Waals surface area contributed by atoms with Crippen molar-refractivity contribution >= 4 is 28.9 Å². The van der Waals surface area contributed by atoms with Crippen molar-refractivity contribution in [1.29, 1.82) is 0 Å². The highest BCUT2D eigenvalue weighted by atomic mass is 32.1.